The van der Waals surface area contributed by atoms with Gasteiger partial charge < -0.3 is 13.9 Å². The predicted octanol–water partition coefficient (Wildman–Crippen LogP) is 2.61. The van der Waals surface area contributed by atoms with Crippen LogP contribution in [0.2, 0.25) is 0 Å². The molecule has 29 heavy (non-hydrogen) atoms. The maximum atomic E-state index is 13.0. The summed E-state index contributed by atoms with van der Waals surface area (Å²) < 4.78 is 70.2. The lowest BCUT2D eigenvalue weighted by Gasteiger charge is -2.19. The summed E-state index contributed by atoms with van der Waals surface area (Å²) in [6, 6.07) is 10.4. The van der Waals surface area contributed by atoms with Gasteiger partial charge in [-0.15, -0.1) is 11.3 Å². The number of rotatable bonds is 7. The minimum absolute atomic E-state index is 0.0477. The maximum absolute atomic E-state index is 13.0. The van der Waals surface area contributed by atoms with Gasteiger partial charge >= 0.3 is 0 Å². The van der Waals surface area contributed by atoms with Crippen LogP contribution in [0.1, 0.15) is 11.0 Å². The molecule has 1 aliphatic heterocycles. The molecular weight excluding hydrogens is 438 g/mol. The minimum atomic E-state index is -4.00. The van der Waals surface area contributed by atoms with E-state index >= 15 is 0 Å². The first-order chi connectivity index (χ1) is 13.9. The number of hydrogen-bond donors (Lipinski definition) is 1. The van der Waals surface area contributed by atoms with E-state index in [0.717, 1.165) is 11.3 Å². The first kappa shape index (κ1) is 20.0. The molecule has 11 heteroatoms. The number of fused-ring (bicyclic) bond motifs is 1. The van der Waals surface area contributed by atoms with Crippen LogP contribution in [0.4, 0.5) is 0 Å². The Kier molecular flexibility index (Phi) is 5.38. The largest absolute Gasteiger partial charge is 0.486 e. The monoisotopic (exact) mass is 455 g/mol. The molecule has 4 rings (SSSR count). The molecule has 0 spiro atoms. The number of nitrogens with one attached hydrogen (secondary N) is 1. The molecule has 154 valence electrons. The van der Waals surface area contributed by atoms with E-state index in [4.69, 9.17) is 13.9 Å². The summed E-state index contributed by atoms with van der Waals surface area (Å²) in [5.74, 6) is 0.945. The molecule has 0 unspecified atom stereocenters. The Bertz CT molecular complexity index is 1180. The number of sulfone groups is 1. The van der Waals surface area contributed by atoms with Gasteiger partial charge in [0.2, 0.25) is 10.0 Å². The van der Waals surface area contributed by atoms with E-state index in [9.17, 15) is 16.8 Å². The second kappa shape index (κ2) is 7.82. The van der Waals surface area contributed by atoms with Crippen LogP contribution in [0.25, 0.3) is 0 Å². The van der Waals surface area contributed by atoms with E-state index in [-0.39, 0.29) is 21.4 Å². The fourth-order valence-corrected chi connectivity index (χ4v) is 6.82. The predicted molar refractivity (Wildman–Crippen MR) is 106 cm³/mol. The minimum Gasteiger partial charge on any atom is -0.486 e. The lowest BCUT2D eigenvalue weighted by atomic mass is 10.3. The quantitative estimate of drug-likeness (QED) is 0.583. The van der Waals surface area contributed by atoms with Crippen LogP contribution in [0.3, 0.4) is 0 Å². The molecule has 0 fully saturated rings. The number of hydrogen-bond acceptors (Lipinski definition) is 8. The smallest absolute Gasteiger partial charge is 0.240 e. The molecule has 1 aliphatic rings. The van der Waals surface area contributed by atoms with E-state index in [1.807, 2.05) is 0 Å². The van der Waals surface area contributed by atoms with Crippen molar-refractivity contribution in [3.63, 3.8) is 0 Å². The second-order valence-electron chi connectivity index (χ2n) is 6.14. The molecule has 0 amide bonds. The lowest BCUT2D eigenvalue weighted by Crippen LogP contribution is -2.31. The molecule has 8 nitrogen and oxygen atoms in total. The highest BCUT2D eigenvalue weighted by Crippen LogP contribution is 2.34. The Morgan fingerprint density at radius 2 is 1.79 bits per heavy atom. The van der Waals surface area contributed by atoms with Gasteiger partial charge in [0.15, 0.2) is 21.3 Å². The zero-order valence-electron chi connectivity index (χ0n) is 15.0. The molecule has 2 aromatic heterocycles. The molecule has 0 saturated carbocycles. The third-order valence-corrected chi connectivity index (χ3v) is 9.21. The lowest BCUT2D eigenvalue weighted by molar-refractivity contribution is 0.171. The molecule has 1 atom stereocenters. The van der Waals surface area contributed by atoms with Crippen molar-refractivity contribution in [3.05, 3.63) is 59.9 Å². The summed E-state index contributed by atoms with van der Waals surface area (Å²) in [5.41, 5.74) is 0. The third-order valence-electron chi connectivity index (χ3n) is 4.29. The van der Waals surface area contributed by atoms with Crippen molar-refractivity contribution >= 4 is 31.2 Å². The Morgan fingerprint density at radius 3 is 2.48 bits per heavy atom. The number of sulfonamides is 1. The van der Waals surface area contributed by atoms with Gasteiger partial charge in [0.25, 0.3) is 0 Å². The maximum Gasteiger partial charge on any atom is 0.240 e. The van der Waals surface area contributed by atoms with Crippen LogP contribution in [-0.2, 0) is 19.9 Å². The summed E-state index contributed by atoms with van der Waals surface area (Å²) in [4.78, 5) is -0.0477. The molecule has 1 N–H and O–H groups in total. The van der Waals surface area contributed by atoms with E-state index in [0.29, 0.717) is 24.7 Å². The number of furan rings is 1. The van der Waals surface area contributed by atoms with Gasteiger partial charge in [-0.1, -0.05) is 6.07 Å². The van der Waals surface area contributed by atoms with Gasteiger partial charge in [0, 0.05) is 12.6 Å². The Morgan fingerprint density at radius 1 is 1.00 bits per heavy atom. The normalized spacial score (nSPS) is 15.2. The topological polar surface area (TPSA) is 112 Å². The molecule has 0 aliphatic carbocycles. The van der Waals surface area contributed by atoms with E-state index in [2.05, 4.69) is 4.72 Å². The average Bonchev–Trinajstić information content (AvgIpc) is 3.42. The van der Waals surface area contributed by atoms with Crippen LogP contribution in [0.15, 0.2) is 67.6 Å². The standard InChI is InChI=1S/C18H17NO7S3/c20-28(21,18-4-2-10-27-18)17(15-3-1-7-24-15)12-19-29(22,23)13-5-6-14-16(11-13)26-9-8-25-14/h1-7,10-11,17,19H,8-9,12H2/t17-/m1/s1. The van der Waals surface area contributed by atoms with Gasteiger partial charge in [0.1, 0.15) is 28.4 Å². The summed E-state index contributed by atoms with van der Waals surface area (Å²) in [6.45, 7) is 0.330. The van der Waals surface area contributed by atoms with E-state index < -0.39 is 25.1 Å². The van der Waals surface area contributed by atoms with Crippen LogP contribution >= 0.6 is 11.3 Å². The molecule has 3 aromatic rings. The summed E-state index contributed by atoms with van der Waals surface area (Å²) >= 11 is 1.06. The number of thiophene rings is 1. The molecular formula is C18H17NO7S3. The van der Waals surface area contributed by atoms with Gasteiger partial charge in [-0.3, -0.25) is 0 Å². The Hall–Kier alpha value is -2.34. The van der Waals surface area contributed by atoms with Crippen molar-refractivity contribution in [3.8, 4) is 11.5 Å². The molecule has 0 saturated heterocycles. The zero-order chi connectivity index (χ0) is 20.5. The van der Waals surface area contributed by atoms with Crippen molar-refractivity contribution < 1.29 is 30.7 Å². The molecule has 0 bridgehead atoms. The van der Waals surface area contributed by atoms with Gasteiger partial charge in [0.05, 0.1) is 11.2 Å². The molecule has 1 aromatic carbocycles. The van der Waals surface area contributed by atoms with E-state index in [1.54, 1.807) is 17.5 Å². The summed E-state index contributed by atoms with van der Waals surface area (Å²) in [6.07, 6.45) is 1.35. The van der Waals surface area contributed by atoms with Crippen LogP contribution in [0, 0.1) is 0 Å². The van der Waals surface area contributed by atoms with Crippen LogP contribution in [-0.4, -0.2) is 36.6 Å². The highest BCUT2D eigenvalue weighted by molar-refractivity contribution is 7.93. The van der Waals surface area contributed by atoms with Gasteiger partial charge in [-0.2, -0.15) is 0 Å². The SMILES string of the molecule is O=S(=O)(NC[C@H](c1ccco1)S(=O)(=O)c1cccs1)c1ccc2c(c1)OCCO2. The summed E-state index contributed by atoms with van der Waals surface area (Å²) in [5, 5.41) is 0.439. The van der Waals surface area contributed by atoms with Crippen molar-refractivity contribution in [2.75, 3.05) is 19.8 Å². The van der Waals surface area contributed by atoms with Crippen molar-refractivity contribution in [2.24, 2.45) is 0 Å². The average molecular weight is 456 g/mol. The Balaban J connectivity index is 1.60. The zero-order valence-corrected chi connectivity index (χ0v) is 17.4. The fraction of sp³-hybridized carbons (Fsp3) is 0.222. The fourth-order valence-electron chi connectivity index (χ4n) is 2.86. The third kappa shape index (κ3) is 4.04. The molecule has 0 radical (unpaired) electrons. The highest BCUT2D eigenvalue weighted by Gasteiger charge is 2.33. The number of benzene rings is 1. The molecule has 3 heterocycles. The van der Waals surface area contributed by atoms with Gasteiger partial charge in [-0.25, -0.2) is 21.6 Å². The van der Waals surface area contributed by atoms with Crippen LogP contribution in [0.5, 0.6) is 11.5 Å². The van der Waals surface area contributed by atoms with Crippen molar-refractivity contribution in [2.45, 2.75) is 14.4 Å². The first-order valence-electron chi connectivity index (χ1n) is 8.58. The number of ether oxygens (including phenoxy) is 2. The second-order valence-corrected chi connectivity index (χ2v) is 11.2. The van der Waals surface area contributed by atoms with Crippen molar-refractivity contribution in [1.82, 2.24) is 4.72 Å². The van der Waals surface area contributed by atoms with Crippen LogP contribution < -0.4 is 14.2 Å². The van der Waals surface area contributed by atoms with Gasteiger partial charge in [-0.05, 0) is 35.7 Å². The first-order valence-corrected chi connectivity index (χ1v) is 12.5. The van der Waals surface area contributed by atoms with Crippen molar-refractivity contribution in [1.29, 1.82) is 0 Å². The van der Waals surface area contributed by atoms with E-state index in [1.165, 1.54) is 36.6 Å². The summed E-state index contributed by atoms with van der Waals surface area (Å²) in [7, 11) is -7.84. The highest BCUT2D eigenvalue weighted by atomic mass is 32.2. The Labute approximate surface area is 172 Å².